The molecule has 25 heavy (non-hydrogen) atoms. The van der Waals surface area contributed by atoms with Crippen molar-refractivity contribution in [3.05, 3.63) is 54.0 Å². The van der Waals surface area contributed by atoms with Crippen molar-refractivity contribution in [1.29, 1.82) is 0 Å². The monoisotopic (exact) mass is 346 g/mol. The number of H-pyrrole nitrogens is 1. The first kappa shape index (κ1) is 15.9. The first-order valence-electron chi connectivity index (χ1n) is 8.23. The van der Waals surface area contributed by atoms with E-state index < -0.39 is 11.7 Å². The predicted molar refractivity (Wildman–Crippen MR) is 89.5 cm³/mol. The molecule has 1 saturated heterocycles. The maximum Gasteiger partial charge on any atom is 0.418 e. The lowest BCUT2D eigenvalue weighted by Crippen LogP contribution is -2.34. The Morgan fingerprint density at radius 1 is 1.12 bits per heavy atom. The van der Waals surface area contributed by atoms with Gasteiger partial charge in [0.25, 0.3) is 0 Å². The summed E-state index contributed by atoms with van der Waals surface area (Å²) in [6, 6.07) is 8.01. The summed E-state index contributed by atoms with van der Waals surface area (Å²) >= 11 is 0. The van der Waals surface area contributed by atoms with Gasteiger partial charge in [-0.3, -0.25) is 10.1 Å². The number of nitrogens with one attached hydrogen (secondary N) is 1. The third kappa shape index (κ3) is 2.94. The number of aromatic amines is 1. The Labute approximate surface area is 142 Å². The number of benzene rings is 1. The maximum absolute atomic E-state index is 13.3. The molecule has 1 N–H and O–H groups in total. The number of rotatable bonds is 2. The summed E-state index contributed by atoms with van der Waals surface area (Å²) in [5.74, 6) is 0.297. The molecule has 1 aromatic carbocycles. The number of nitrogens with zero attached hydrogens (tertiary/aromatic N) is 3. The molecular weight excluding hydrogens is 329 g/mol. The van der Waals surface area contributed by atoms with Crippen molar-refractivity contribution >= 4 is 16.6 Å². The Morgan fingerprint density at radius 2 is 2.00 bits per heavy atom. The number of halogens is 3. The van der Waals surface area contributed by atoms with E-state index in [1.54, 1.807) is 18.3 Å². The van der Waals surface area contributed by atoms with Crippen LogP contribution in [0.4, 0.5) is 18.9 Å². The molecule has 0 amide bonds. The Bertz CT molecular complexity index is 874. The van der Waals surface area contributed by atoms with Gasteiger partial charge in [0.2, 0.25) is 0 Å². The minimum Gasteiger partial charge on any atom is -0.370 e. The van der Waals surface area contributed by atoms with Crippen LogP contribution in [0.3, 0.4) is 0 Å². The van der Waals surface area contributed by atoms with Crippen LogP contribution in [-0.4, -0.2) is 28.3 Å². The van der Waals surface area contributed by atoms with Gasteiger partial charge in [-0.1, -0.05) is 12.1 Å². The second kappa shape index (κ2) is 6.06. The standard InChI is InChI=1S/C18H17F3N4/c19-18(20,21)14-5-1-4-13-16(7-8-22-17(13)14)25-10-2-3-12(11-25)15-6-9-23-24-15/h1,4-9,12H,2-3,10-11H2,(H,23,24)/t12-/m1/s1. The van der Waals surface area contributed by atoms with Gasteiger partial charge in [-0.25, -0.2) is 0 Å². The lowest BCUT2D eigenvalue weighted by atomic mass is 9.94. The van der Waals surface area contributed by atoms with Gasteiger partial charge in [-0.15, -0.1) is 0 Å². The van der Waals surface area contributed by atoms with Crippen molar-refractivity contribution in [2.24, 2.45) is 0 Å². The van der Waals surface area contributed by atoms with Gasteiger partial charge >= 0.3 is 6.18 Å². The molecule has 0 saturated carbocycles. The molecule has 0 unspecified atom stereocenters. The lowest BCUT2D eigenvalue weighted by molar-refractivity contribution is -0.136. The number of piperidine rings is 1. The Balaban J connectivity index is 1.74. The molecule has 1 fully saturated rings. The summed E-state index contributed by atoms with van der Waals surface area (Å²) in [5, 5.41) is 7.56. The molecule has 3 aromatic rings. The van der Waals surface area contributed by atoms with E-state index in [1.807, 2.05) is 6.07 Å². The number of anilines is 1. The molecule has 7 heteroatoms. The van der Waals surface area contributed by atoms with E-state index >= 15 is 0 Å². The fraction of sp³-hybridized carbons (Fsp3) is 0.333. The molecule has 1 aliphatic heterocycles. The Hall–Kier alpha value is -2.57. The first-order chi connectivity index (χ1) is 12.0. The fourth-order valence-corrected chi connectivity index (χ4v) is 3.61. The van der Waals surface area contributed by atoms with E-state index in [0.717, 1.165) is 43.4 Å². The summed E-state index contributed by atoms with van der Waals surface area (Å²) in [5.41, 5.74) is 1.20. The van der Waals surface area contributed by atoms with Crippen molar-refractivity contribution < 1.29 is 13.2 Å². The Morgan fingerprint density at radius 3 is 2.76 bits per heavy atom. The summed E-state index contributed by atoms with van der Waals surface area (Å²) in [6.45, 7) is 1.57. The van der Waals surface area contributed by atoms with E-state index in [4.69, 9.17) is 0 Å². The van der Waals surface area contributed by atoms with E-state index in [9.17, 15) is 13.2 Å². The molecule has 0 bridgehead atoms. The highest BCUT2D eigenvalue weighted by molar-refractivity contribution is 5.93. The van der Waals surface area contributed by atoms with Crippen molar-refractivity contribution in [2.45, 2.75) is 24.9 Å². The number of para-hydroxylation sites is 1. The molecule has 130 valence electrons. The molecule has 1 atom stereocenters. The van der Waals surface area contributed by atoms with Crippen molar-refractivity contribution in [3.8, 4) is 0 Å². The zero-order chi connectivity index (χ0) is 17.4. The van der Waals surface area contributed by atoms with Gasteiger partial charge in [0.1, 0.15) is 0 Å². The van der Waals surface area contributed by atoms with Gasteiger partial charge < -0.3 is 4.90 Å². The summed E-state index contributed by atoms with van der Waals surface area (Å²) in [4.78, 5) is 6.16. The molecular formula is C18H17F3N4. The van der Waals surface area contributed by atoms with Crippen LogP contribution >= 0.6 is 0 Å². The predicted octanol–water partition coefficient (Wildman–Crippen LogP) is 4.36. The quantitative estimate of drug-likeness (QED) is 0.750. The summed E-state index contributed by atoms with van der Waals surface area (Å²) in [6.07, 6.45) is 0.798. The highest BCUT2D eigenvalue weighted by atomic mass is 19.4. The molecule has 4 nitrogen and oxygen atoms in total. The molecule has 1 aliphatic rings. The highest BCUT2D eigenvalue weighted by Crippen LogP contribution is 2.38. The molecule has 0 radical (unpaired) electrons. The van der Waals surface area contributed by atoms with Crippen molar-refractivity contribution in [2.75, 3.05) is 18.0 Å². The van der Waals surface area contributed by atoms with Gasteiger partial charge in [0.05, 0.1) is 11.1 Å². The summed E-state index contributed by atoms with van der Waals surface area (Å²) < 4.78 is 39.8. The van der Waals surface area contributed by atoms with E-state index in [2.05, 4.69) is 20.1 Å². The lowest BCUT2D eigenvalue weighted by Gasteiger charge is -2.34. The fourth-order valence-electron chi connectivity index (χ4n) is 3.61. The number of hydrogen-bond donors (Lipinski definition) is 1. The van der Waals surface area contributed by atoms with Crippen LogP contribution in [-0.2, 0) is 6.18 Å². The van der Waals surface area contributed by atoms with Crippen LogP contribution in [0.25, 0.3) is 10.9 Å². The van der Waals surface area contributed by atoms with Crippen LogP contribution in [0.2, 0.25) is 0 Å². The number of aromatic nitrogens is 3. The topological polar surface area (TPSA) is 44.8 Å². The van der Waals surface area contributed by atoms with E-state index in [-0.39, 0.29) is 5.52 Å². The van der Waals surface area contributed by atoms with Gasteiger partial charge in [-0.05, 0) is 31.0 Å². The second-order valence-corrected chi connectivity index (χ2v) is 6.33. The van der Waals surface area contributed by atoms with Crippen LogP contribution in [0, 0.1) is 0 Å². The van der Waals surface area contributed by atoms with E-state index in [0.29, 0.717) is 11.3 Å². The average Bonchev–Trinajstić information content (AvgIpc) is 3.15. The van der Waals surface area contributed by atoms with Crippen LogP contribution in [0.5, 0.6) is 0 Å². The van der Waals surface area contributed by atoms with Crippen molar-refractivity contribution in [1.82, 2.24) is 15.2 Å². The van der Waals surface area contributed by atoms with Crippen LogP contribution in [0.1, 0.15) is 30.0 Å². The minimum atomic E-state index is -4.41. The SMILES string of the molecule is FC(F)(F)c1cccc2c(N3CCC[C@@H](c4ccn[nH]4)C3)ccnc12. The first-order valence-corrected chi connectivity index (χ1v) is 8.23. The molecule has 3 heterocycles. The number of alkyl halides is 3. The number of pyridine rings is 1. The van der Waals surface area contributed by atoms with Crippen LogP contribution < -0.4 is 4.90 Å². The number of fused-ring (bicyclic) bond motifs is 1. The average molecular weight is 346 g/mol. The minimum absolute atomic E-state index is 0.0103. The zero-order valence-electron chi connectivity index (χ0n) is 13.4. The van der Waals surface area contributed by atoms with E-state index in [1.165, 1.54) is 12.3 Å². The van der Waals surface area contributed by atoms with Gasteiger partial charge in [-0.2, -0.15) is 18.3 Å². The zero-order valence-corrected chi connectivity index (χ0v) is 13.4. The van der Waals surface area contributed by atoms with Gasteiger partial charge in [0.15, 0.2) is 0 Å². The van der Waals surface area contributed by atoms with Crippen molar-refractivity contribution in [3.63, 3.8) is 0 Å². The molecule has 0 spiro atoms. The molecule has 2 aromatic heterocycles. The molecule has 4 rings (SSSR count). The maximum atomic E-state index is 13.3. The van der Waals surface area contributed by atoms with Crippen LogP contribution in [0.15, 0.2) is 42.7 Å². The summed E-state index contributed by atoms with van der Waals surface area (Å²) in [7, 11) is 0. The third-order valence-corrected chi connectivity index (χ3v) is 4.78. The largest absolute Gasteiger partial charge is 0.418 e. The number of hydrogen-bond acceptors (Lipinski definition) is 3. The normalized spacial score (nSPS) is 18.7. The third-order valence-electron chi connectivity index (χ3n) is 4.78. The Kier molecular flexibility index (Phi) is 3.86. The second-order valence-electron chi connectivity index (χ2n) is 6.33. The smallest absolute Gasteiger partial charge is 0.370 e. The highest BCUT2D eigenvalue weighted by Gasteiger charge is 2.34. The molecule has 0 aliphatic carbocycles. The van der Waals surface area contributed by atoms with Gasteiger partial charge in [0, 0.05) is 48.2 Å².